The number of halogens is 2. The Morgan fingerprint density at radius 3 is 2.45 bits per heavy atom. The molecule has 0 aliphatic carbocycles. The van der Waals surface area contributed by atoms with Gasteiger partial charge in [-0.3, -0.25) is 5.01 Å². The normalized spacial score (nSPS) is 18.7. The zero-order valence-corrected chi connectivity index (χ0v) is 13.3. The Bertz CT molecular complexity index is 695. The molecule has 0 spiro atoms. The highest BCUT2D eigenvalue weighted by atomic mass is 35.5. The van der Waals surface area contributed by atoms with Gasteiger partial charge in [0.25, 0.3) is 0 Å². The average Bonchev–Trinajstić information content (AvgIpc) is 2.51. The van der Waals surface area contributed by atoms with Crippen molar-refractivity contribution in [2.75, 3.05) is 12.1 Å². The van der Waals surface area contributed by atoms with Gasteiger partial charge >= 0.3 is 6.03 Å². The maximum Gasteiger partial charge on any atom is 0.353 e. The van der Waals surface area contributed by atoms with Gasteiger partial charge in [0.05, 0.1) is 5.69 Å². The zero-order chi connectivity index (χ0) is 15.7. The fourth-order valence-electron chi connectivity index (χ4n) is 2.25. The number of nitrogens with zero attached hydrogens (tertiary/aromatic N) is 2. The molecule has 7 heteroatoms. The van der Waals surface area contributed by atoms with Crippen molar-refractivity contribution >= 4 is 34.9 Å². The van der Waals surface area contributed by atoms with Crippen LogP contribution in [0.25, 0.3) is 0 Å². The Labute approximate surface area is 138 Å². The summed E-state index contributed by atoms with van der Waals surface area (Å²) in [4.78, 5) is 12.3. The molecule has 1 atom stereocenters. The Morgan fingerprint density at radius 1 is 1.05 bits per heavy atom. The van der Waals surface area contributed by atoms with Crippen LogP contribution in [0.2, 0.25) is 10.0 Å². The monoisotopic (exact) mass is 336 g/mol. The second-order valence-corrected chi connectivity index (χ2v) is 5.71. The van der Waals surface area contributed by atoms with E-state index in [1.165, 1.54) is 10.0 Å². The molecule has 0 aromatic heterocycles. The van der Waals surface area contributed by atoms with Crippen LogP contribution in [0, 0.1) is 0 Å². The summed E-state index contributed by atoms with van der Waals surface area (Å²) in [7, 11) is 1.66. The largest absolute Gasteiger partial charge is 0.353 e. The van der Waals surface area contributed by atoms with E-state index in [4.69, 9.17) is 23.2 Å². The molecule has 3 rings (SSSR count). The number of para-hydroxylation sites is 1. The number of benzene rings is 2. The lowest BCUT2D eigenvalue weighted by molar-refractivity contribution is 0.144. The first kappa shape index (κ1) is 15.1. The number of amides is 2. The molecule has 114 valence electrons. The van der Waals surface area contributed by atoms with Crippen molar-refractivity contribution in [3.05, 3.63) is 64.1 Å². The van der Waals surface area contributed by atoms with Crippen LogP contribution >= 0.6 is 23.2 Å². The summed E-state index contributed by atoms with van der Waals surface area (Å²) in [5.41, 5.74) is 7.72. The molecule has 1 aliphatic rings. The SMILES string of the molecule is CN1NC(c2ccc(Cl)cc2Cl)NN(c2ccccc2)C1=O. The number of urea groups is 1. The first-order valence-electron chi connectivity index (χ1n) is 6.66. The minimum atomic E-state index is -0.354. The maximum atomic E-state index is 12.3. The molecule has 0 saturated carbocycles. The number of carbonyl (C=O) groups is 1. The Balaban J connectivity index is 1.93. The Hall–Kier alpha value is -1.79. The smallest absolute Gasteiger partial charge is 0.259 e. The van der Waals surface area contributed by atoms with E-state index in [1.807, 2.05) is 36.4 Å². The van der Waals surface area contributed by atoms with E-state index in [0.29, 0.717) is 10.0 Å². The fourth-order valence-corrected chi connectivity index (χ4v) is 2.77. The van der Waals surface area contributed by atoms with Crippen LogP contribution in [0.5, 0.6) is 0 Å². The number of hydrogen-bond donors (Lipinski definition) is 2. The van der Waals surface area contributed by atoms with Gasteiger partial charge in [-0.1, -0.05) is 47.5 Å². The van der Waals surface area contributed by atoms with Gasteiger partial charge in [0.1, 0.15) is 6.17 Å². The van der Waals surface area contributed by atoms with E-state index in [0.717, 1.165) is 11.3 Å². The van der Waals surface area contributed by atoms with E-state index in [9.17, 15) is 4.79 Å². The van der Waals surface area contributed by atoms with Gasteiger partial charge in [-0.25, -0.2) is 20.7 Å². The van der Waals surface area contributed by atoms with E-state index < -0.39 is 0 Å². The third-order valence-corrected chi connectivity index (χ3v) is 3.91. The number of hydrogen-bond acceptors (Lipinski definition) is 3. The molecule has 1 saturated heterocycles. The minimum absolute atomic E-state index is 0.215. The van der Waals surface area contributed by atoms with E-state index in [1.54, 1.807) is 19.2 Å². The van der Waals surface area contributed by atoms with Crippen LogP contribution in [0.1, 0.15) is 11.7 Å². The number of hydrazine groups is 2. The summed E-state index contributed by atoms with van der Waals surface area (Å²) in [6.45, 7) is 0. The van der Waals surface area contributed by atoms with Crippen molar-refractivity contribution in [3.8, 4) is 0 Å². The van der Waals surface area contributed by atoms with Crippen LogP contribution in [0.3, 0.4) is 0 Å². The van der Waals surface area contributed by atoms with E-state index in [-0.39, 0.29) is 12.2 Å². The van der Waals surface area contributed by atoms with Crippen molar-refractivity contribution < 1.29 is 4.79 Å². The molecular weight excluding hydrogens is 323 g/mol. The summed E-state index contributed by atoms with van der Waals surface area (Å²) in [6.07, 6.45) is -0.354. The predicted octanol–water partition coefficient (Wildman–Crippen LogP) is 3.57. The summed E-state index contributed by atoms with van der Waals surface area (Å²) < 4.78 is 0. The molecule has 22 heavy (non-hydrogen) atoms. The standard InChI is InChI=1S/C15H14Cl2N4O/c1-20-15(22)21(11-5-3-2-4-6-11)19-14(18-20)12-8-7-10(16)9-13(12)17/h2-9,14,18-19H,1H3. The van der Waals surface area contributed by atoms with Gasteiger partial charge in [-0.15, -0.1) is 0 Å². The molecule has 2 amide bonds. The van der Waals surface area contributed by atoms with E-state index >= 15 is 0 Å². The summed E-state index contributed by atoms with van der Waals surface area (Å²) in [6, 6.07) is 14.4. The van der Waals surface area contributed by atoms with Crippen LogP contribution < -0.4 is 15.9 Å². The lowest BCUT2D eigenvalue weighted by Crippen LogP contribution is -2.64. The lowest BCUT2D eigenvalue weighted by Gasteiger charge is -2.40. The molecule has 2 aromatic rings. The van der Waals surface area contributed by atoms with Crippen LogP contribution in [-0.4, -0.2) is 18.1 Å². The second-order valence-electron chi connectivity index (χ2n) is 4.87. The van der Waals surface area contributed by atoms with Crippen molar-refractivity contribution in [2.24, 2.45) is 0 Å². The number of anilines is 1. The van der Waals surface area contributed by atoms with Crippen LogP contribution in [0.15, 0.2) is 48.5 Å². The molecule has 2 aromatic carbocycles. The van der Waals surface area contributed by atoms with Gasteiger partial charge in [-0.2, -0.15) is 0 Å². The van der Waals surface area contributed by atoms with Crippen LogP contribution in [0.4, 0.5) is 10.5 Å². The highest BCUT2D eigenvalue weighted by Crippen LogP contribution is 2.28. The maximum absolute atomic E-state index is 12.3. The highest BCUT2D eigenvalue weighted by Gasteiger charge is 2.31. The Morgan fingerprint density at radius 2 is 1.77 bits per heavy atom. The first-order valence-corrected chi connectivity index (χ1v) is 7.42. The Kier molecular flexibility index (Phi) is 4.22. The molecule has 1 heterocycles. The quantitative estimate of drug-likeness (QED) is 0.881. The molecule has 1 fully saturated rings. The molecule has 2 N–H and O–H groups in total. The number of rotatable bonds is 2. The molecule has 1 unspecified atom stereocenters. The summed E-state index contributed by atoms with van der Waals surface area (Å²) in [5.74, 6) is 0. The molecule has 0 radical (unpaired) electrons. The van der Waals surface area contributed by atoms with Crippen molar-refractivity contribution in [1.82, 2.24) is 15.9 Å². The van der Waals surface area contributed by atoms with Crippen molar-refractivity contribution in [1.29, 1.82) is 0 Å². The second kappa shape index (κ2) is 6.14. The van der Waals surface area contributed by atoms with Gasteiger partial charge in [0.15, 0.2) is 0 Å². The van der Waals surface area contributed by atoms with Gasteiger partial charge in [0.2, 0.25) is 0 Å². The third kappa shape index (κ3) is 2.89. The van der Waals surface area contributed by atoms with E-state index in [2.05, 4.69) is 10.9 Å². The van der Waals surface area contributed by atoms with Crippen LogP contribution in [-0.2, 0) is 0 Å². The van der Waals surface area contributed by atoms with Gasteiger partial charge < -0.3 is 0 Å². The predicted molar refractivity (Wildman–Crippen MR) is 87.6 cm³/mol. The fraction of sp³-hybridized carbons (Fsp3) is 0.133. The molecule has 1 aliphatic heterocycles. The summed E-state index contributed by atoms with van der Waals surface area (Å²) >= 11 is 12.2. The highest BCUT2D eigenvalue weighted by molar-refractivity contribution is 6.35. The van der Waals surface area contributed by atoms with Gasteiger partial charge in [0, 0.05) is 22.7 Å². The third-order valence-electron chi connectivity index (χ3n) is 3.35. The van der Waals surface area contributed by atoms with Crippen molar-refractivity contribution in [3.63, 3.8) is 0 Å². The molecule has 5 nitrogen and oxygen atoms in total. The topological polar surface area (TPSA) is 47.6 Å². The molecular formula is C15H14Cl2N4O. The van der Waals surface area contributed by atoms with Gasteiger partial charge in [-0.05, 0) is 24.3 Å². The average molecular weight is 337 g/mol. The number of nitrogens with one attached hydrogen (secondary N) is 2. The minimum Gasteiger partial charge on any atom is -0.259 e. The molecule has 0 bridgehead atoms. The summed E-state index contributed by atoms with van der Waals surface area (Å²) in [5, 5.41) is 3.98. The van der Waals surface area contributed by atoms with Crippen molar-refractivity contribution in [2.45, 2.75) is 6.17 Å². The number of carbonyl (C=O) groups excluding carboxylic acids is 1. The lowest BCUT2D eigenvalue weighted by atomic mass is 10.2. The first-order chi connectivity index (χ1) is 10.6. The zero-order valence-electron chi connectivity index (χ0n) is 11.8.